The standard InChI is InChI=1S/C20H14ClF3N2O2/c1-28-19(27)12-2-8-18(16(10-12)17-9-5-14(21)11-25-17)26-15-6-3-13(4-7-15)20(22,23)24/h2-11,26H,1H3. The Morgan fingerprint density at radius 3 is 2.36 bits per heavy atom. The first-order valence-electron chi connectivity index (χ1n) is 8.06. The maximum absolute atomic E-state index is 12.7. The zero-order chi connectivity index (χ0) is 20.3. The Kier molecular flexibility index (Phi) is 5.56. The van der Waals surface area contributed by atoms with Gasteiger partial charge in [-0.25, -0.2) is 4.79 Å². The molecule has 0 radical (unpaired) electrons. The number of pyridine rings is 1. The Hall–Kier alpha value is -3.06. The smallest absolute Gasteiger partial charge is 0.416 e. The van der Waals surface area contributed by atoms with Crippen LogP contribution in [0, 0.1) is 0 Å². The van der Waals surface area contributed by atoms with E-state index in [0.717, 1.165) is 12.1 Å². The number of hydrogen-bond acceptors (Lipinski definition) is 4. The molecule has 144 valence electrons. The maximum atomic E-state index is 12.7. The summed E-state index contributed by atoms with van der Waals surface area (Å²) in [7, 11) is 1.27. The lowest BCUT2D eigenvalue weighted by molar-refractivity contribution is -0.137. The van der Waals surface area contributed by atoms with Gasteiger partial charge in [-0.2, -0.15) is 13.2 Å². The van der Waals surface area contributed by atoms with Crippen LogP contribution < -0.4 is 5.32 Å². The number of halogens is 4. The lowest BCUT2D eigenvalue weighted by atomic mass is 10.0. The second-order valence-corrected chi connectivity index (χ2v) is 6.25. The molecule has 0 aliphatic carbocycles. The van der Waals surface area contributed by atoms with Crippen LogP contribution in [0.5, 0.6) is 0 Å². The molecule has 1 N–H and O–H groups in total. The van der Waals surface area contributed by atoms with Gasteiger partial charge in [0.15, 0.2) is 0 Å². The molecule has 2 aromatic carbocycles. The van der Waals surface area contributed by atoms with Gasteiger partial charge in [0.05, 0.1) is 29.0 Å². The predicted molar refractivity (Wildman–Crippen MR) is 101 cm³/mol. The summed E-state index contributed by atoms with van der Waals surface area (Å²) in [6.45, 7) is 0. The molecule has 0 amide bonds. The highest BCUT2D eigenvalue weighted by Crippen LogP contribution is 2.33. The molecule has 3 aromatic rings. The Labute approximate surface area is 163 Å². The number of carbonyl (C=O) groups excluding carboxylic acids is 1. The average Bonchev–Trinajstić information content (AvgIpc) is 2.68. The number of methoxy groups -OCH3 is 1. The highest BCUT2D eigenvalue weighted by Gasteiger charge is 2.30. The molecule has 1 heterocycles. The second kappa shape index (κ2) is 7.90. The minimum absolute atomic E-state index is 0.312. The number of nitrogens with zero attached hydrogens (tertiary/aromatic N) is 1. The Balaban J connectivity index is 2.00. The highest BCUT2D eigenvalue weighted by molar-refractivity contribution is 6.30. The molecule has 3 rings (SSSR count). The van der Waals surface area contributed by atoms with Crippen molar-refractivity contribution in [2.24, 2.45) is 0 Å². The summed E-state index contributed by atoms with van der Waals surface area (Å²) in [5.41, 5.74) is 1.69. The fourth-order valence-electron chi connectivity index (χ4n) is 2.54. The largest absolute Gasteiger partial charge is 0.465 e. The third-order valence-electron chi connectivity index (χ3n) is 3.94. The number of rotatable bonds is 4. The van der Waals surface area contributed by atoms with Crippen LogP contribution in [0.4, 0.5) is 24.5 Å². The van der Waals surface area contributed by atoms with Crippen LogP contribution in [0.3, 0.4) is 0 Å². The van der Waals surface area contributed by atoms with E-state index < -0.39 is 17.7 Å². The zero-order valence-electron chi connectivity index (χ0n) is 14.5. The summed E-state index contributed by atoms with van der Waals surface area (Å²) >= 11 is 5.88. The van der Waals surface area contributed by atoms with Crippen molar-refractivity contribution < 1.29 is 22.7 Å². The number of alkyl halides is 3. The van der Waals surface area contributed by atoms with Gasteiger partial charge in [0.1, 0.15) is 0 Å². The van der Waals surface area contributed by atoms with Crippen molar-refractivity contribution in [3.05, 3.63) is 76.9 Å². The number of carbonyl (C=O) groups is 1. The normalized spacial score (nSPS) is 11.2. The Morgan fingerprint density at radius 1 is 1.07 bits per heavy atom. The van der Waals surface area contributed by atoms with Crippen LogP contribution in [-0.2, 0) is 10.9 Å². The first-order chi connectivity index (χ1) is 13.3. The summed E-state index contributed by atoms with van der Waals surface area (Å²) in [4.78, 5) is 16.1. The van der Waals surface area contributed by atoms with E-state index in [0.29, 0.717) is 33.2 Å². The van der Waals surface area contributed by atoms with E-state index in [-0.39, 0.29) is 0 Å². The van der Waals surface area contributed by atoms with E-state index in [1.165, 1.54) is 25.4 Å². The lowest BCUT2D eigenvalue weighted by Gasteiger charge is -2.14. The Bertz CT molecular complexity index is 988. The van der Waals surface area contributed by atoms with Crippen LogP contribution in [0.1, 0.15) is 15.9 Å². The molecule has 0 unspecified atom stereocenters. The molecule has 8 heteroatoms. The van der Waals surface area contributed by atoms with E-state index in [1.807, 2.05) is 0 Å². The Morgan fingerprint density at radius 2 is 1.79 bits per heavy atom. The fourth-order valence-corrected chi connectivity index (χ4v) is 2.65. The van der Waals surface area contributed by atoms with Gasteiger partial charge in [0.25, 0.3) is 0 Å². The molecular formula is C20H14ClF3N2O2. The predicted octanol–water partition coefficient (Wildman–Crippen LogP) is 5.95. The molecule has 0 saturated carbocycles. The number of esters is 1. The molecule has 1 aromatic heterocycles. The fraction of sp³-hybridized carbons (Fsp3) is 0.100. The van der Waals surface area contributed by atoms with Crippen molar-refractivity contribution in [2.45, 2.75) is 6.18 Å². The van der Waals surface area contributed by atoms with Crippen molar-refractivity contribution in [3.8, 4) is 11.3 Å². The SMILES string of the molecule is COC(=O)c1ccc(Nc2ccc(C(F)(F)F)cc2)c(-c2ccc(Cl)cn2)c1. The molecule has 28 heavy (non-hydrogen) atoms. The van der Waals surface area contributed by atoms with Gasteiger partial charge < -0.3 is 10.1 Å². The molecule has 0 atom stereocenters. The van der Waals surface area contributed by atoms with Crippen molar-refractivity contribution in [1.82, 2.24) is 4.98 Å². The molecule has 0 spiro atoms. The number of ether oxygens (including phenoxy) is 1. The first kappa shape index (κ1) is 19.7. The molecule has 0 aliphatic rings. The molecule has 0 fully saturated rings. The van der Waals surface area contributed by atoms with Crippen molar-refractivity contribution in [3.63, 3.8) is 0 Å². The molecule has 4 nitrogen and oxygen atoms in total. The van der Waals surface area contributed by atoms with Crippen molar-refractivity contribution in [2.75, 3.05) is 12.4 Å². The van der Waals surface area contributed by atoms with E-state index >= 15 is 0 Å². The molecular weight excluding hydrogens is 393 g/mol. The lowest BCUT2D eigenvalue weighted by Crippen LogP contribution is -2.05. The van der Waals surface area contributed by atoms with E-state index in [4.69, 9.17) is 16.3 Å². The third kappa shape index (κ3) is 4.43. The number of anilines is 2. The van der Waals surface area contributed by atoms with Gasteiger partial charge >= 0.3 is 12.1 Å². The highest BCUT2D eigenvalue weighted by atomic mass is 35.5. The van der Waals surface area contributed by atoms with Gasteiger partial charge in [-0.15, -0.1) is 0 Å². The van der Waals surface area contributed by atoms with Gasteiger partial charge in [-0.1, -0.05) is 11.6 Å². The van der Waals surface area contributed by atoms with Gasteiger partial charge in [0.2, 0.25) is 0 Å². The van der Waals surface area contributed by atoms with Gasteiger partial charge in [0, 0.05) is 23.1 Å². The average molecular weight is 407 g/mol. The van der Waals surface area contributed by atoms with Crippen LogP contribution in [-0.4, -0.2) is 18.1 Å². The zero-order valence-corrected chi connectivity index (χ0v) is 15.3. The number of benzene rings is 2. The van der Waals surface area contributed by atoms with Crippen LogP contribution >= 0.6 is 11.6 Å². The minimum atomic E-state index is -4.40. The van der Waals surface area contributed by atoms with Crippen LogP contribution in [0.15, 0.2) is 60.8 Å². The van der Waals surface area contributed by atoms with Gasteiger partial charge in [-0.05, 0) is 54.6 Å². The first-order valence-corrected chi connectivity index (χ1v) is 8.44. The van der Waals surface area contributed by atoms with Crippen LogP contribution in [0.25, 0.3) is 11.3 Å². The van der Waals surface area contributed by atoms with Crippen molar-refractivity contribution in [1.29, 1.82) is 0 Å². The number of aromatic nitrogens is 1. The molecule has 0 aliphatic heterocycles. The summed E-state index contributed by atoms with van der Waals surface area (Å²) in [6, 6.07) is 12.7. The monoisotopic (exact) mass is 406 g/mol. The maximum Gasteiger partial charge on any atom is 0.416 e. The quantitative estimate of drug-likeness (QED) is 0.544. The van der Waals surface area contributed by atoms with E-state index in [1.54, 1.807) is 30.3 Å². The topological polar surface area (TPSA) is 51.2 Å². The van der Waals surface area contributed by atoms with Crippen LogP contribution in [0.2, 0.25) is 5.02 Å². The summed E-state index contributed by atoms with van der Waals surface area (Å²) in [5.74, 6) is -0.517. The summed E-state index contributed by atoms with van der Waals surface area (Å²) in [6.07, 6.45) is -2.94. The number of nitrogens with one attached hydrogen (secondary N) is 1. The van der Waals surface area contributed by atoms with E-state index in [9.17, 15) is 18.0 Å². The van der Waals surface area contributed by atoms with E-state index in [2.05, 4.69) is 10.3 Å². The molecule has 0 saturated heterocycles. The second-order valence-electron chi connectivity index (χ2n) is 5.81. The number of hydrogen-bond donors (Lipinski definition) is 1. The van der Waals surface area contributed by atoms with Crippen molar-refractivity contribution >= 4 is 28.9 Å². The minimum Gasteiger partial charge on any atom is -0.465 e. The molecule has 0 bridgehead atoms. The summed E-state index contributed by atoms with van der Waals surface area (Å²) < 4.78 is 42.9. The van der Waals surface area contributed by atoms with Gasteiger partial charge in [-0.3, -0.25) is 4.98 Å². The third-order valence-corrected chi connectivity index (χ3v) is 4.16. The summed E-state index contributed by atoms with van der Waals surface area (Å²) in [5, 5.41) is 3.51.